The summed E-state index contributed by atoms with van der Waals surface area (Å²) in [5.74, 6) is 0. The van der Waals surface area contributed by atoms with Crippen LogP contribution in [0.25, 0.3) is 22.3 Å². The van der Waals surface area contributed by atoms with Crippen molar-refractivity contribution in [1.82, 2.24) is 0 Å². The Hall–Kier alpha value is 1.10. The normalized spacial score (nSPS) is 10.5. The van der Waals surface area contributed by atoms with Crippen LogP contribution in [0.1, 0.15) is 0 Å². The van der Waals surface area contributed by atoms with Crippen molar-refractivity contribution in [3.05, 3.63) is 66.7 Å². The van der Waals surface area contributed by atoms with Crippen molar-refractivity contribution in [3.8, 4) is 22.3 Å². The van der Waals surface area contributed by atoms with E-state index in [-0.39, 0.29) is 124 Å². The van der Waals surface area contributed by atoms with Gasteiger partial charge in [0.1, 0.15) is 0 Å². The van der Waals surface area contributed by atoms with Gasteiger partial charge in [-0.1, -0.05) is 42.5 Å². The van der Waals surface area contributed by atoms with E-state index in [2.05, 4.69) is 9.24 Å². The van der Waals surface area contributed by atoms with Crippen molar-refractivity contribution in [2.45, 2.75) is 9.79 Å². The molecule has 0 heterocycles. The van der Waals surface area contributed by atoms with Gasteiger partial charge in [-0.15, -0.1) is 9.24 Å². The average Bonchev–Trinajstić information content (AvgIpc) is 2.60. The van der Waals surface area contributed by atoms with Gasteiger partial charge in [-0.2, -0.15) is 16.8 Å². The molecule has 0 aliphatic rings. The van der Waals surface area contributed by atoms with Crippen molar-refractivity contribution in [2.75, 3.05) is 0 Å². The second kappa shape index (κ2) is 13.9. The van der Waals surface area contributed by atoms with Crippen molar-refractivity contribution >= 4 is 138 Å². The van der Waals surface area contributed by atoms with Crippen LogP contribution in [0.5, 0.6) is 0 Å². The fraction of sp³-hybridized carbons (Fsp3) is 0. The molecule has 3 aromatic carbocycles. The van der Waals surface area contributed by atoms with Crippen molar-refractivity contribution in [3.63, 3.8) is 0 Å². The quantitative estimate of drug-likeness (QED) is 0.270. The van der Waals surface area contributed by atoms with Gasteiger partial charge in [0.2, 0.25) is 0 Å². The maximum atomic E-state index is 11.2. The molecule has 0 fully saturated rings. The molecule has 3 aromatic rings. The van der Waals surface area contributed by atoms with E-state index >= 15 is 0 Å². The molecule has 0 saturated heterocycles. The Bertz CT molecular complexity index is 1210. The number of hydrogen-bond donors (Lipinski definition) is 2. The Morgan fingerprint density at radius 1 is 0.613 bits per heavy atom. The van der Waals surface area contributed by atoms with Crippen LogP contribution in [0, 0.1) is 0 Å². The summed E-state index contributed by atoms with van der Waals surface area (Å²) in [6.45, 7) is 0. The van der Waals surface area contributed by atoms with Crippen molar-refractivity contribution in [2.24, 2.45) is 0 Å². The molecule has 0 amide bonds. The van der Waals surface area contributed by atoms with Crippen LogP contribution in [0.3, 0.4) is 0 Å². The molecule has 13 heteroatoms. The molecule has 0 radical (unpaired) electrons. The first-order valence-electron chi connectivity index (χ1n) is 7.62. The van der Waals surface area contributed by atoms with Crippen LogP contribution in [-0.2, 0) is 20.2 Å². The van der Waals surface area contributed by atoms with E-state index in [4.69, 9.17) is 9.11 Å². The fourth-order valence-electron chi connectivity index (χ4n) is 2.73. The van der Waals surface area contributed by atoms with E-state index in [1.54, 1.807) is 24.3 Å². The molecule has 0 spiro atoms. The Balaban J connectivity index is 0. The summed E-state index contributed by atoms with van der Waals surface area (Å²) in [5.41, 5.74) is 3.05. The van der Waals surface area contributed by atoms with Gasteiger partial charge < -0.3 is 11.0 Å². The number of rotatable bonds is 4. The third-order valence-corrected chi connectivity index (χ3v) is 6.22. The second-order valence-electron chi connectivity index (χ2n) is 5.77. The molecular formula is C18H21K2O8PS2. The first-order valence-corrected chi connectivity index (χ1v) is 11.1. The molecule has 0 aromatic heterocycles. The zero-order valence-electron chi connectivity index (χ0n) is 14.8. The number of benzene rings is 3. The van der Waals surface area contributed by atoms with Gasteiger partial charge in [0.15, 0.2) is 0 Å². The molecule has 0 saturated carbocycles. The molecule has 8 nitrogen and oxygen atoms in total. The Kier molecular flexibility index (Phi) is 15.3. The SMILES string of the molecule is O.O.O=S(=O)(O)c1ccc(-c2cccc(P)c2-c2ccc(S(=O)(=O)O)cc2)cc1.[KH].[KH]. The van der Waals surface area contributed by atoms with Crippen molar-refractivity contribution < 1.29 is 36.9 Å². The molecular weight excluding hydrogens is 517 g/mol. The zero-order valence-corrected chi connectivity index (χ0v) is 17.6. The Morgan fingerprint density at radius 2 is 1.00 bits per heavy atom. The average molecular weight is 539 g/mol. The molecule has 31 heavy (non-hydrogen) atoms. The molecule has 0 aliphatic heterocycles. The monoisotopic (exact) mass is 538 g/mol. The van der Waals surface area contributed by atoms with Gasteiger partial charge in [0.05, 0.1) is 9.79 Å². The summed E-state index contributed by atoms with van der Waals surface area (Å²) >= 11 is 0. The van der Waals surface area contributed by atoms with Gasteiger partial charge >= 0.3 is 103 Å². The van der Waals surface area contributed by atoms with Gasteiger partial charge in [0.25, 0.3) is 20.2 Å². The molecule has 160 valence electrons. The van der Waals surface area contributed by atoms with Crippen LogP contribution in [0.4, 0.5) is 0 Å². The van der Waals surface area contributed by atoms with Gasteiger partial charge in [-0.3, -0.25) is 9.11 Å². The summed E-state index contributed by atoms with van der Waals surface area (Å²) < 4.78 is 63.1. The summed E-state index contributed by atoms with van der Waals surface area (Å²) in [6, 6.07) is 17.1. The van der Waals surface area contributed by atoms with E-state index in [0.717, 1.165) is 27.6 Å². The summed E-state index contributed by atoms with van der Waals surface area (Å²) in [6.07, 6.45) is 0. The molecule has 0 bridgehead atoms. The van der Waals surface area contributed by atoms with E-state index in [9.17, 15) is 16.8 Å². The van der Waals surface area contributed by atoms with E-state index < -0.39 is 20.2 Å². The van der Waals surface area contributed by atoms with Gasteiger partial charge in [-0.25, -0.2) is 0 Å². The summed E-state index contributed by atoms with van der Waals surface area (Å²) in [5, 5.41) is 0.853. The van der Waals surface area contributed by atoms with Crippen LogP contribution in [0.2, 0.25) is 0 Å². The molecule has 0 aliphatic carbocycles. The first kappa shape index (κ1) is 34.3. The van der Waals surface area contributed by atoms with Crippen LogP contribution >= 0.6 is 9.24 Å². The number of hydrogen-bond acceptors (Lipinski definition) is 4. The Morgan fingerprint density at radius 3 is 1.39 bits per heavy atom. The predicted molar refractivity (Wildman–Crippen MR) is 128 cm³/mol. The summed E-state index contributed by atoms with van der Waals surface area (Å²) in [4.78, 5) is -0.404. The minimum atomic E-state index is -4.28. The maximum absolute atomic E-state index is 11.2. The molecule has 1 unspecified atom stereocenters. The molecule has 6 N–H and O–H groups in total. The van der Waals surface area contributed by atoms with Crippen LogP contribution < -0.4 is 5.30 Å². The third-order valence-electron chi connectivity index (χ3n) is 4.00. The second-order valence-corrected chi connectivity index (χ2v) is 9.23. The van der Waals surface area contributed by atoms with Gasteiger partial charge in [-0.05, 0) is 51.8 Å². The van der Waals surface area contributed by atoms with E-state index in [1.807, 2.05) is 18.2 Å². The Labute approximate surface area is 268 Å². The standard InChI is InChI=1S/C18H15O6PS2.2K.2H2O.2H/c19-26(20,21)14-8-4-12(5-9-14)16-2-1-3-17(25)18(16)13-6-10-15(11-7-13)27(22,23)24;;;;;;/h1-11H,25H2,(H,19,20,21)(H,22,23,24);;;2*1H2;;. The minimum absolute atomic E-state index is 0. The van der Waals surface area contributed by atoms with Crippen molar-refractivity contribution in [1.29, 1.82) is 0 Å². The molecule has 3 rings (SSSR count). The van der Waals surface area contributed by atoms with Crippen LogP contribution in [0.15, 0.2) is 76.5 Å². The third kappa shape index (κ3) is 8.68. The topological polar surface area (TPSA) is 172 Å². The first-order chi connectivity index (χ1) is 12.6. The fourth-order valence-corrected chi connectivity index (χ4v) is 4.13. The summed E-state index contributed by atoms with van der Waals surface area (Å²) in [7, 11) is -5.95. The van der Waals surface area contributed by atoms with E-state index in [0.29, 0.717) is 0 Å². The predicted octanol–water partition coefficient (Wildman–Crippen LogP) is 0.0680. The zero-order chi connectivity index (χ0) is 19.8. The van der Waals surface area contributed by atoms with Crippen LogP contribution in [-0.4, -0.2) is 140 Å². The molecule has 1 atom stereocenters. The van der Waals surface area contributed by atoms with E-state index in [1.165, 1.54) is 24.3 Å². The van der Waals surface area contributed by atoms with Gasteiger partial charge in [0, 0.05) is 0 Å².